The van der Waals surface area contributed by atoms with Crippen molar-refractivity contribution < 1.29 is 4.74 Å². The zero-order valence-corrected chi connectivity index (χ0v) is 4.63. The van der Waals surface area contributed by atoms with Gasteiger partial charge in [0, 0.05) is 6.54 Å². The number of rotatable bonds is 1. The van der Waals surface area contributed by atoms with Crippen LogP contribution in [0.15, 0.2) is 5.18 Å². The fourth-order valence-electron chi connectivity index (χ4n) is 0.645. The average Bonchev–Trinajstić information content (AvgIpc) is 2.14. The maximum absolute atomic E-state index is 9.72. The van der Waals surface area contributed by atoms with E-state index in [-0.39, 0.29) is 6.10 Å². The molecule has 0 aromatic carbocycles. The molecule has 0 radical (unpaired) electrons. The van der Waals surface area contributed by atoms with E-state index in [1.807, 2.05) is 6.92 Å². The zero-order chi connectivity index (χ0) is 5.98. The van der Waals surface area contributed by atoms with Crippen LogP contribution in [-0.4, -0.2) is 19.0 Å². The monoisotopic (exact) mass is 116 g/mol. The first-order valence-corrected chi connectivity index (χ1v) is 2.54. The molecule has 0 aromatic heterocycles. The van der Waals surface area contributed by atoms with Crippen molar-refractivity contribution in [3.05, 3.63) is 4.91 Å². The minimum Gasteiger partial charge on any atom is -0.337 e. The summed E-state index contributed by atoms with van der Waals surface area (Å²) in [6.45, 7) is 2.61. The van der Waals surface area contributed by atoms with Crippen LogP contribution in [0.2, 0.25) is 0 Å². The summed E-state index contributed by atoms with van der Waals surface area (Å²) in [5.74, 6) is 0. The van der Waals surface area contributed by atoms with E-state index in [1.54, 1.807) is 0 Å². The Morgan fingerprint density at radius 2 is 2.62 bits per heavy atom. The molecule has 0 spiro atoms. The van der Waals surface area contributed by atoms with Crippen LogP contribution in [-0.2, 0) is 4.74 Å². The van der Waals surface area contributed by atoms with Crippen LogP contribution in [0.1, 0.15) is 6.92 Å². The second-order valence-electron chi connectivity index (χ2n) is 1.81. The molecule has 46 valence electrons. The number of nitrogens with zero attached hydrogens (tertiary/aromatic N) is 1. The third kappa shape index (κ3) is 1.02. The van der Waals surface area contributed by atoms with Gasteiger partial charge in [-0.25, -0.2) is 0 Å². The van der Waals surface area contributed by atoms with Crippen molar-refractivity contribution in [2.75, 3.05) is 6.54 Å². The summed E-state index contributed by atoms with van der Waals surface area (Å²) < 4.78 is 4.92. The Hall–Kier alpha value is -0.480. The Morgan fingerprint density at radius 1 is 1.88 bits per heavy atom. The van der Waals surface area contributed by atoms with E-state index in [0.29, 0.717) is 0 Å². The van der Waals surface area contributed by atoms with Gasteiger partial charge in [-0.2, -0.15) is 0 Å². The molecule has 1 heterocycles. The minimum atomic E-state index is -0.606. The first kappa shape index (κ1) is 5.65. The second-order valence-corrected chi connectivity index (χ2v) is 1.81. The highest BCUT2D eigenvalue weighted by Gasteiger charge is 2.20. The van der Waals surface area contributed by atoms with E-state index in [2.05, 4.69) is 10.5 Å². The van der Waals surface area contributed by atoms with Crippen LogP contribution in [0.5, 0.6) is 0 Å². The summed E-state index contributed by atoms with van der Waals surface area (Å²) in [5.41, 5.74) is 0. The quantitative estimate of drug-likeness (QED) is 0.492. The van der Waals surface area contributed by atoms with Crippen LogP contribution >= 0.6 is 0 Å². The van der Waals surface area contributed by atoms with E-state index in [4.69, 9.17) is 4.74 Å². The van der Waals surface area contributed by atoms with Gasteiger partial charge in [-0.15, -0.1) is 4.91 Å². The standard InChI is InChI=1S/C4H8N2O2/c1-3-2-5-4(6-7)8-3/h3-5H,2H2,1H3. The Balaban J connectivity index is 2.32. The molecule has 0 aliphatic carbocycles. The van der Waals surface area contributed by atoms with Crippen LogP contribution in [0.3, 0.4) is 0 Å². The molecule has 1 rings (SSSR count). The third-order valence-corrected chi connectivity index (χ3v) is 1.04. The molecule has 2 unspecified atom stereocenters. The number of hydrogen-bond donors (Lipinski definition) is 1. The Kier molecular flexibility index (Phi) is 1.55. The second kappa shape index (κ2) is 2.19. The number of nitroso groups, excluding NO2 is 1. The summed E-state index contributed by atoms with van der Waals surface area (Å²) in [4.78, 5) is 9.72. The predicted molar refractivity (Wildman–Crippen MR) is 28.1 cm³/mol. The van der Waals surface area contributed by atoms with Crippen molar-refractivity contribution in [1.82, 2.24) is 5.32 Å². The van der Waals surface area contributed by atoms with Crippen LogP contribution in [0.4, 0.5) is 0 Å². The number of ether oxygens (including phenoxy) is 1. The molecule has 1 saturated heterocycles. The van der Waals surface area contributed by atoms with E-state index in [0.717, 1.165) is 6.54 Å². The Labute approximate surface area is 47.2 Å². The van der Waals surface area contributed by atoms with E-state index < -0.39 is 6.35 Å². The van der Waals surface area contributed by atoms with E-state index in [1.165, 1.54) is 0 Å². The summed E-state index contributed by atoms with van der Waals surface area (Å²) in [7, 11) is 0. The molecule has 2 atom stereocenters. The van der Waals surface area contributed by atoms with Crippen LogP contribution < -0.4 is 5.32 Å². The first-order valence-electron chi connectivity index (χ1n) is 2.54. The van der Waals surface area contributed by atoms with Crippen molar-refractivity contribution in [2.45, 2.75) is 19.4 Å². The fourth-order valence-corrected chi connectivity index (χ4v) is 0.645. The maximum Gasteiger partial charge on any atom is 0.245 e. The van der Waals surface area contributed by atoms with Crippen LogP contribution in [0, 0.1) is 4.91 Å². The number of hydrogen-bond acceptors (Lipinski definition) is 4. The highest BCUT2D eigenvalue weighted by Crippen LogP contribution is 2.02. The maximum atomic E-state index is 9.72. The third-order valence-electron chi connectivity index (χ3n) is 1.04. The Morgan fingerprint density at radius 3 is 2.88 bits per heavy atom. The van der Waals surface area contributed by atoms with E-state index in [9.17, 15) is 4.91 Å². The average molecular weight is 116 g/mol. The molecule has 0 aromatic rings. The zero-order valence-electron chi connectivity index (χ0n) is 4.63. The van der Waals surface area contributed by atoms with Gasteiger partial charge in [0.15, 0.2) is 0 Å². The highest BCUT2D eigenvalue weighted by atomic mass is 16.5. The summed E-state index contributed by atoms with van der Waals surface area (Å²) in [6, 6.07) is 0. The van der Waals surface area contributed by atoms with Crippen molar-refractivity contribution in [1.29, 1.82) is 0 Å². The lowest BCUT2D eigenvalue weighted by Gasteiger charge is -1.97. The molecular formula is C4H8N2O2. The molecular weight excluding hydrogens is 108 g/mol. The molecule has 8 heavy (non-hydrogen) atoms. The van der Waals surface area contributed by atoms with Gasteiger partial charge < -0.3 is 4.74 Å². The summed E-state index contributed by atoms with van der Waals surface area (Å²) in [6.07, 6.45) is -0.484. The molecule has 1 fully saturated rings. The van der Waals surface area contributed by atoms with E-state index >= 15 is 0 Å². The van der Waals surface area contributed by atoms with Crippen molar-refractivity contribution in [3.8, 4) is 0 Å². The fraction of sp³-hybridized carbons (Fsp3) is 1.00. The van der Waals surface area contributed by atoms with Crippen molar-refractivity contribution in [3.63, 3.8) is 0 Å². The van der Waals surface area contributed by atoms with Crippen molar-refractivity contribution >= 4 is 0 Å². The molecule has 0 bridgehead atoms. The molecule has 1 aliphatic heterocycles. The largest absolute Gasteiger partial charge is 0.337 e. The lowest BCUT2D eigenvalue weighted by Crippen LogP contribution is -2.18. The summed E-state index contributed by atoms with van der Waals surface area (Å²) >= 11 is 0. The normalized spacial score (nSPS) is 37.6. The van der Waals surface area contributed by atoms with Gasteiger partial charge in [0.1, 0.15) is 0 Å². The van der Waals surface area contributed by atoms with Gasteiger partial charge in [0.05, 0.1) is 6.10 Å². The Bertz CT molecular complexity index is 96.0. The van der Waals surface area contributed by atoms with Crippen molar-refractivity contribution in [2.24, 2.45) is 5.18 Å². The molecule has 4 nitrogen and oxygen atoms in total. The highest BCUT2D eigenvalue weighted by molar-refractivity contribution is 4.66. The lowest BCUT2D eigenvalue weighted by atomic mass is 10.4. The predicted octanol–water partition coefficient (Wildman–Crippen LogP) is 0.0447. The number of nitrogens with one attached hydrogen (secondary N) is 1. The molecule has 1 N–H and O–H groups in total. The molecule has 4 heteroatoms. The van der Waals surface area contributed by atoms with Gasteiger partial charge in [-0.1, -0.05) is 0 Å². The molecule has 0 amide bonds. The van der Waals surface area contributed by atoms with Crippen LogP contribution in [0.25, 0.3) is 0 Å². The summed E-state index contributed by atoms with van der Waals surface area (Å²) in [5, 5.41) is 5.41. The smallest absolute Gasteiger partial charge is 0.245 e. The van der Waals surface area contributed by atoms with Gasteiger partial charge >= 0.3 is 0 Å². The molecule has 0 saturated carbocycles. The molecule has 1 aliphatic rings. The van der Waals surface area contributed by atoms with Gasteiger partial charge in [-0.05, 0) is 12.1 Å². The first-order chi connectivity index (χ1) is 3.83. The topological polar surface area (TPSA) is 50.7 Å². The van der Waals surface area contributed by atoms with Gasteiger partial charge in [0.2, 0.25) is 6.35 Å². The van der Waals surface area contributed by atoms with Gasteiger partial charge in [0.25, 0.3) is 0 Å². The lowest BCUT2D eigenvalue weighted by molar-refractivity contribution is 0.0565. The van der Waals surface area contributed by atoms with Gasteiger partial charge in [-0.3, -0.25) is 5.32 Å². The SMILES string of the molecule is CC1CNC(N=O)O1. The minimum absolute atomic E-state index is 0.123.